The maximum Gasteiger partial charge on any atom is 0.319 e. The predicted octanol–water partition coefficient (Wildman–Crippen LogP) is 4.67. The van der Waals surface area contributed by atoms with Crippen LogP contribution in [0.25, 0.3) is 11.4 Å². The Balaban J connectivity index is 1.85. The van der Waals surface area contributed by atoms with Crippen LogP contribution in [0.5, 0.6) is 0 Å². The third-order valence-corrected chi connectivity index (χ3v) is 4.64. The molecule has 2 aromatic heterocycles. The highest BCUT2D eigenvalue weighted by molar-refractivity contribution is 7.98. The first-order valence-corrected chi connectivity index (χ1v) is 8.69. The number of nitrogens with zero attached hydrogens (tertiary/aromatic N) is 5. The molecule has 0 atom stereocenters. The number of imidazole rings is 1. The molecule has 0 amide bonds. The minimum Gasteiger partial charge on any atom is -0.298 e. The molecule has 0 aliphatic carbocycles. The van der Waals surface area contributed by atoms with Crippen molar-refractivity contribution in [2.45, 2.75) is 24.0 Å². The molecular weight excluding hydrogens is 368 g/mol. The molecule has 0 fully saturated rings. The number of benzene rings is 1. The molecule has 3 rings (SSSR count). The number of halogens is 3. The lowest BCUT2D eigenvalue weighted by Crippen LogP contribution is -2.04. The monoisotopic (exact) mass is 381 g/mol. The van der Waals surface area contributed by atoms with E-state index in [-0.39, 0.29) is 11.6 Å². The Morgan fingerprint density at radius 2 is 2.00 bits per heavy atom. The summed E-state index contributed by atoms with van der Waals surface area (Å²) in [4.78, 5) is 3.97. The number of allylic oxidation sites excluding steroid dienone is 1. The fraction of sp³-hybridized carbons (Fsp3) is 0.188. The first kappa shape index (κ1) is 17.6. The van der Waals surface area contributed by atoms with E-state index >= 15 is 0 Å². The van der Waals surface area contributed by atoms with Crippen molar-refractivity contribution in [2.75, 3.05) is 0 Å². The van der Waals surface area contributed by atoms with Crippen LogP contribution in [-0.4, -0.2) is 24.3 Å². The van der Waals surface area contributed by atoms with Gasteiger partial charge in [0.15, 0.2) is 11.0 Å². The largest absolute Gasteiger partial charge is 0.319 e. The maximum atomic E-state index is 12.9. The molecule has 1 aromatic carbocycles. The third kappa shape index (κ3) is 3.91. The van der Waals surface area contributed by atoms with E-state index in [0.29, 0.717) is 22.5 Å². The lowest BCUT2D eigenvalue weighted by molar-refractivity contribution is 0.0678. The normalized spacial score (nSPS) is 11.2. The number of hydrogen-bond donors (Lipinski definition) is 0. The Bertz CT molecular complexity index is 860. The van der Waals surface area contributed by atoms with Gasteiger partial charge in [-0.15, -0.1) is 16.8 Å². The van der Waals surface area contributed by atoms with Crippen LogP contribution in [0.2, 0.25) is 5.02 Å². The average molecular weight is 382 g/mol. The van der Waals surface area contributed by atoms with Gasteiger partial charge >= 0.3 is 6.55 Å². The summed E-state index contributed by atoms with van der Waals surface area (Å²) in [6.45, 7) is 1.63. The lowest BCUT2D eigenvalue weighted by atomic mass is 10.2. The fourth-order valence-electron chi connectivity index (χ4n) is 2.26. The van der Waals surface area contributed by atoms with Crippen molar-refractivity contribution in [1.29, 1.82) is 0 Å². The van der Waals surface area contributed by atoms with E-state index in [4.69, 9.17) is 11.6 Å². The predicted molar refractivity (Wildman–Crippen MR) is 93.7 cm³/mol. The molecule has 0 spiro atoms. The van der Waals surface area contributed by atoms with E-state index in [9.17, 15) is 8.78 Å². The smallest absolute Gasteiger partial charge is 0.298 e. The molecule has 0 unspecified atom stereocenters. The molecule has 9 heteroatoms. The molecule has 0 aliphatic heterocycles. The Morgan fingerprint density at radius 1 is 1.24 bits per heavy atom. The average Bonchev–Trinajstić information content (AvgIpc) is 3.21. The minimum atomic E-state index is -2.62. The summed E-state index contributed by atoms with van der Waals surface area (Å²) in [6, 6.07) is 7.25. The zero-order chi connectivity index (χ0) is 17.8. The van der Waals surface area contributed by atoms with Crippen LogP contribution in [0.3, 0.4) is 0 Å². The molecule has 25 heavy (non-hydrogen) atoms. The van der Waals surface area contributed by atoms with Crippen molar-refractivity contribution >= 4 is 23.4 Å². The van der Waals surface area contributed by atoms with Crippen molar-refractivity contribution in [3.05, 3.63) is 60.2 Å². The van der Waals surface area contributed by atoms with Gasteiger partial charge in [-0.1, -0.05) is 29.4 Å². The van der Waals surface area contributed by atoms with Crippen molar-refractivity contribution in [1.82, 2.24) is 24.3 Å². The van der Waals surface area contributed by atoms with Gasteiger partial charge in [0.05, 0.1) is 5.75 Å². The molecule has 0 bridgehead atoms. The summed E-state index contributed by atoms with van der Waals surface area (Å²) in [5, 5.41) is 9.63. The molecule has 0 N–H and O–H groups in total. The Hall–Kier alpha value is -2.19. The lowest BCUT2D eigenvalue weighted by Gasteiger charge is -2.09. The number of alkyl halides is 2. The Labute approximate surface area is 152 Å². The minimum absolute atomic E-state index is 0.257. The van der Waals surface area contributed by atoms with E-state index in [2.05, 4.69) is 21.8 Å². The first-order valence-electron chi connectivity index (χ1n) is 7.33. The second kappa shape index (κ2) is 7.79. The summed E-state index contributed by atoms with van der Waals surface area (Å²) >= 11 is 7.21. The summed E-state index contributed by atoms with van der Waals surface area (Å²) in [6.07, 6.45) is 4.34. The highest BCUT2D eigenvalue weighted by Crippen LogP contribution is 2.27. The van der Waals surface area contributed by atoms with Crippen molar-refractivity contribution in [3.8, 4) is 11.4 Å². The topological polar surface area (TPSA) is 48.5 Å². The van der Waals surface area contributed by atoms with Gasteiger partial charge in [-0.25, -0.2) is 4.98 Å². The van der Waals surface area contributed by atoms with Gasteiger partial charge in [0.2, 0.25) is 0 Å². The van der Waals surface area contributed by atoms with Gasteiger partial charge in [-0.05, 0) is 24.3 Å². The fourth-order valence-corrected chi connectivity index (χ4v) is 3.29. The van der Waals surface area contributed by atoms with Crippen LogP contribution in [0.4, 0.5) is 8.78 Å². The number of aromatic nitrogens is 5. The summed E-state index contributed by atoms with van der Waals surface area (Å²) in [7, 11) is 0. The van der Waals surface area contributed by atoms with Gasteiger partial charge in [0, 0.05) is 29.5 Å². The van der Waals surface area contributed by atoms with E-state index in [1.165, 1.54) is 24.2 Å². The van der Waals surface area contributed by atoms with Gasteiger partial charge in [-0.2, -0.15) is 8.78 Å². The number of hydrogen-bond acceptors (Lipinski definition) is 4. The molecule has 0 saturated heterocycles. The maximum absolute atomic E-state index is 12.9. The quantitative estimate of drug-likeness (QED) is 0.441. The van der Waals surface area contributed by atoms with Crippen LogP contribution in [0.15, 0.2) is 54.5 Å². The standard InChI is InChI=1S/C16H14ClF2N5S/c1-2-8-24-14(11-3-5-12(17)6-4-11)21-22-16(24)25-10-13-20-7-9-23(13)15(18)19/h2-7,9,15H,1,8,10H2. The Morgan fingerprint density at radius 3 is 2.68 bits per heavy atom. The van der Waals surface area contributed by atoms with Crippen molar-refractivity contribution in [3.63, 3.8) is 0 Å². The van der Waals surface area contributed by atoms with Crippen LogP contribution < -0.4 is 0 Å². The van der Waals surface area contributed by atoms with E-state index in [1.54, 1.807) is 18.2 Å². The number of thioether (sulfide) groups is 1. The van der Waals surface area contributed by atoms with Crippen molar-refractivity contribution in [2.24, 2.45) is 0 Å². The highest BCUT2D eigenvalue weighted by atomic mass is 35.5. The van der Waals surface area contributed by atoms with Gasteiger partial charge < -0.3 is 0 Å². The molecule has 130 valence electrons. The molecule has 0 saturated carbocycles. The zero-order valence-corrected chi connectivity index (χ0v) is 14.6. The third-order valence-electron chi connectivity index (χ3n) is 3.42. The van der Waals surface area contributed by atoms with Crippen molar-refractivity contribution < 1.29 is 8.78 Å². The summed E-state index contributed by atoms with van der Waals surface area (Å²) < 4.78 is 28.5. The van der Waals surface area contributed by atoms with Crippen LogP contribution in [0.1, 0.15) is 12.4 Å². The number of rotatable bonds is 7. The molecular formula is C16H14ClF2N5S. The summed E-state index contributed by atoms with van der Waals surface area (Å²) in [5.41, 5.74) is 0.861. The first-order chi connectivity index (χ1) is 12.1. The van der Waals surface area contributed by atoms with E-state index in [1.807, 2.05) is 16.7 Å². The van der Waals surface area contributed by atoms with Crippen LogP contribution in [0, 0.1) is 0 Å². The molecule has 5 nitrogen and oxygen atoms in total. The van der Waals surface area contributed by atoms with Gasteiger partial charge in [0.1, 0.15) is 5.82 Å². The van der Waals surface area contributed by atoms with E-state index < -0.39 is 6.55 Å². The molecule has 2 heterocycles. The van der Waals surface area contributed by atoms with Crippen LogP contribution >= 0.6 is 23.4 Å². The zero-order valence-electron chi connectivity index (χ0n) is 13.0. The molecule has 3 aromatic rings. The Kier molecular flexibility index (Phi) is 5.50. The van der Waals surface area contributed by atoms with Gasteiger partial charge in [0.25, 0.3) is 0 Å². The second-order valence-corrected chi connectivity index (χ2v) is 6.41. The van der Waals surface area contributed by atoms with Gasteiger partial charge in [-0.3, -0.25) is 9.13 Å². The summed E-state index contributed by atoms with van der Waals surface area (Å²) in [5.74, 6) is 1.20. The SMILES string of the molecule is C=CCn1c(SCc2nccn2C(F)F)nnc1-c1ccc(Cl)cc1. The second-order valence-electron chi connectivity index (χ2n) is 5.03. The van der Waals surface area contributed by atoms with E-state index in [0.717, 1.165) is 10.1 Å². The molecule has 0 radical (unpaired) electrons. The van der Waals surface area contributed by atoms with Crippen LogP contribution in [-0.2, 0) is 12.3 Å². The highest BCUT2D eigenvalue weighted by Gasteiger charge is 2.16. The molecule has 0 aliphatic rings.